The maximum atomic E-state index is 9.92. The molecule has 24 heteroatoms. The number of hydrogen-bond donors (Lipinski definition) is 4. The molecule has 0 spiro atoms. The number of aliphatic hydroxyl groups is 4. The van der Waals surface area contributed by atoms with Crippen molar-refractivity contribution >= 4 is 102 Å². The van der Waals surface area contributed by atoms with Gasteiger partial charge in [0, 0.05) is 92.1 Å². The van der Waals surface area contributed by atoms with Crippen LogP contribution in [0.1, 0.15) is 0 Å². The van der Waals surface area contributed by atoms with Gasteiger partial charge in [-0.3, -0.25) is 40.5 Å². The summed E-state index contributed by atoms with van der Waals surface area (Å²) in [6.45, 7) is 1.33. The summed E-state index contributed by atoms with van der Waals surface area (Å²) in [5.41, 5.74) is -0.160. The van der Waals surface area contributed by atoms with Gasteiger partial charge in [-0.05, 0) is 15.9 Å². The van der Waals surface area contributed by atoms with Crippen molar-refractivity contribution in [2.45, 2.75) is 10.5 Å². The molecule has 0 aromatic heterocycles. The molecule has 0 saturated heterocycles. The molecule has 0 heterocycles. The molecule has 0 aromatic carbocycles. The van der Waals surface area contributed by atoms with E-state index < -0.39 is 56.6 Å². The number of carbonyl (C=O) groups is 2. The summed E-state index contributed by atoms with van der Waals surface area (Å²) in [6, 6.07) is -1.21. The zero-order valence-corrected chi connectivity index (χ0v) is 26.5. The molecular weight excluding hydrogens is 880 g/mol. The van der Waals surface area contributed by atoms with Gasteiger partial charge in [0.2, 0.25) is 0 Å². The van der Waals surface area contributed by atoms with E-state index in [4.69, 9.17) is 50.2 Å². The van der Waals surface area contributed by atoms with Crippen LogP contribution in [0.5, 0.6) is 0 Å². The van der Waals surface area contributed by atoms with Gasteiger partial charge >= 0.3 is 4.45 Å². The zero-order valence-electron chi connectivity index (χ0n) is 17.0. The third kappa shape index (κ3) is 63.4. The highest BCUT2D eigenvalue weighted by molar-refractivity contribution is 9.93. The van der Waals surface area contributed by atoms with Crippen LogP contribution in [-0.2, 0) is 9.59 Å². The third-order valence-electron chi connectivity index (χ3n) is 1.63. The predicted molar refractivity (Wildman–Crippen MR) is 141 cm³/mol. The van der Waals surface area contributed by atoms with Gasteiger partial charge < -0.3 is 30.0 Å². The molecule has 0 radical (unpaired) electrons. The molecule has 0 saturated carbocycles. The van der Waals surface area contributed by atoms with Crippen molar-refractivity contribution in [2.75, 3.05) is 38.9 Å². The largest absolute Gasteiger partial charge is 0.389 e. The quantitative estimate of drug-likeness (QED) is 0.122. The van der Waals surface area contributed by atoms with Crippen molar-refractivity contribution in [1.82, 2.24) is 0 Å². The van der Waals surface area contributed by atoms with Crippen LogP contribution in [0.4, 0.5) is 0 Å². The second kappa shape index (κ2) is 49.7. The van der Waals surface area contributed by atoms with Gasteiger partial charge in [-0.2, -0.15) is 0 Å². The highest BCUT2D eigenvalue weighted by Gasteiger charge is 2.38. The average molecular weight is 902 g/mol. The van der Waals surface area contributed by atoms with Gasteiger partial charge in [0.1, 0.15) is 40.0 Å². The number of nitro groups is 4. The van der Waals surface area contributed by atoms with E-state index in [1.165, 1.54) is 0 Å². The van der Waals surface area contributed by atoms with Crippen LogP contribution in [0.25, 0.3) is 0 Å². The van der Waals surface area contributed by atoms with Gasteiger partial charge in [-0.25, -0.2) is 0 Å². The zero-order chi connectivity index (χ0) is 29.9. The third-order valence-corrected chi connectivity index (χ3v) is 2.83. The number of alkyl halides is 2. The molecule has 0 unspecified atom stereocenters. The summed E-state index contributed by atoms with van der Waals surface area (Å²) in [4.78, 5) is 51.0. The Balaban J connectivity index is -0.0000000413. The molecule has 0 aliphatic rings. The summed E-state index contributed by atoms with van der Waals surface area (Å²) in [7, 11) is 0.889. The van der Waals surface area contributed by atoms with Crippen LogP contribution in [0.3, 0.4) is 0 Å². The summed E-state index contributed by atoms with van der Waals surface area (Å²) in [5, 5.41) is 70.3. The van der Waals surface area contributed by atoms with Crippen LogP contribution in [0.15, 0.2) is 0 Å². The molecule has 0 aliphatic heterocycles. The van der Waals surface area contributed by atoms with E-state index in [1.807, 2.05) is 13.6 Å². The lowest BCUT2D eigenvalue weighted by atomic mass is 10.4. The van der Waals surface area contributed by atoms with Gasteiger partial charge in [0.25, 0.3) is 11.5 Å². The monoisotopic (exact) mass is 896 g/mol. The van der Waals surface area contributed by atoms with Gasteiger partial charge in [0.05, 0.1) is 0 Å². The van der Waals surface area contributed by atoms with Crippen molar-refractivity contribution in [3.05, 3.63) is 40.5 Å². The fourth-order valence-electron chi connectivity index (χ4n) is 0.357. The molecule has 0 bridgehead atoms. The van der Waals surface area contributed by atoms with Crippen molar-refractivity contribution in [2.24, 2.45) is 0 Å². The molecule has 0 atom stereocenters. The molecule has 34 heavy (non-hydrogen) atoms. The van der Waals surface area contributed by atoms with Crippen LogP contribution in [-0.4, -0.2) is 103 Å². The maximum absolute atomic E-state index is 9.92. The first-order chi connectivity index (χ1) is 15.8. The Morgan fingerprint density at radius 1 is 0.794 bits per heavy atom. The Morgan fingerprint density at radius 2 is 1.00 bits per heavy atom. The number of nitrogens with zero attached hydrogens (tertiary/aromatic N) is 4. The van der Waals surface area contributed by atoms with E-state index in [1.54, 1.807) is 0 Å². The lowest BCUT2D eigenvalue weighted by Crippen LogP contribution is -2.39. The van der Waals surface area contributed by atoms with Crippen LogP contribution in [0.2, 0.25) is 0 Å². The Labute approximate surface area is 240 Å². The Kier molecular flexibility index (Phi) is 79.7. The van der Waals surface area contributed by atoms with E-state index in [-0.39, 0.29) is 5.45 Å². The second-order valence-corrected chi connectivity index (χ2v) is 5.67. The summed E-state index contributed by atoms with van der Waals surface area (Å²) in [5.74, 6) is 0. The molecular formula is C10H22Br6N4O14. The average Bonchev–Trinajstić information content (AvgIpc) is 2.84. The molecule has 4 N–H and O–H groups in total. The smallest absolute Gasteiger partial charge is 0.319 e. The number of carbonyl (C=O) groups excluding carboxylic acids is 2. The molecule has 0 aliphatic carbocycles. The SMILES string of the molecule is BrBr.BrBr.C=O.C=O.C[N+](=O)[O-].O=[N+]([O-])C(Br)(CO)CO.O=[N+]([O-])C(CO)CO.O=[N+]([O-])CBr. The van der Waals surface area contributed by atoms with Crippen LogP contribution >= 0.6 is 88.4 Å². The molecule has 0 aromatic rings. The molecule has 208 valence electrons. The molecule has 0 amide bonds. The van der Waals surface area contributed by atoms with Crippen molar-refractivity contribution < 1.29 is 49.7 Å². The maximum Gasteiger partial charge on any atom is 0.319 e. The Bertz CT molecular complexity index is 457. The normalized spacial score (nSPS) is 7.76. The Morgan fingerprint density at radius 3 is 1.00 bits per heavy atom. The number of hydrogen-bond acceptors (Lipinski definition) is 14. The van der Waals surface area contributed by atoms with Gasteiger partial charge in [-0.15, -0.1) is 0 Å². The Hall–Kier alpha value is -0.340. The molecule has 18 nitrogen and oxygen atoms in total. The van der Waals surface area contributed by atoms with Crippen molar-refractivity contribution in [3.63, 3.8) is 0 Å². The minimum atomic E-state index is -1.77. The van der Waals surface area contributed by atoms with Crippen LogP contribution in [0, 0.1) is 40.5 Å². The standard InChI is InChI=1S/C3H6BrNO4.C3H7NO4.CH2BrNO2.CH3NO2.2CH2O.2Br2/c4-3(1-6,2-7)5(8)9;5-1-3(2-6)4(7)8;2-1-3(4)5;1-2(3)4;4*1-2/h6-7H,1-2H2;3,5-6H,1-2H2;1H2;1H3;2*1H2;;. The molecule has 0 fully saturated rings. The van der Waals surface area contributed by atoms with Gasteiger partial charge in [-0.1, -0.05) is 0 Å². The first-order valence-electron chi connectivity index (χ1n) is 6.81. The number of aliphatic hydroxyl groups excluding tert-OH is 4. The second-order valence-electron chi connectivity index (χ2n) is 3.69. The summed E-state index contributed by atoms with van der Waals surface area (Å²) < 4.78 is -1.77. The van der Waals surface area contributed by atoms with E-state index in [9.17, 15) is 20.2 Å². The van der Waals surface area contributed by atoms with Crippen molar-refractivity contribution in [1.29, 1.82) is 0 Å². The molecule has 0 rings (SSSR count). The first kappa shape index (κ1) is 54.5. The van der Waals surface area contributed by atoms with E-state index >= 15 is 0 Å². The van der Waals surface area contributed by atoms with E-state index in [0.717, 1.165) is 7.05 Å². The van der Waals surface area contributed by atoms with E-state index in [2.05, 4.69) is 88.4 Å². The predicted octanol–water partition coefficient (Wildman–Crippen LogP) is 1.48. The number of rotatable bonds is 7. The van der Waals surface area contributed by atoms with Crippen LogP contribution < -0.4 is 0 Å². The van der Waals surface area contributed by atoms with Gasteiger partial charge in [0.15, 0.2) is 7.05 Å². The lowest BCUT2D eigenvalue weighted by molar-refractivity contribution is -0.542. The van der Waals surface area contributed by atoms with E-state index in [0.29, 0.717) is 0 Å². The lowest BCUT2D eigenvalue weighted by Gasteiger charge is -2.11. The minimum Gasteiger partial charge on any atom is -0.389 e. The highest BCUT2D eigenvalue weighted by Crippen LogP contribution is 2.15. The first-order valence-corrected chi connectivity index (χ1v) is 16.2. The minimum absolute atomic E-state index is 0.160. The number of halogens is 6. The fourth-order valence-corrected chi connectivity index (χ4v) is 0.357. The summed E-state index contributed by atoms with van der Waals surface area (Å²) in [6.07, 6.45) is 0. The topological polar surface area (TPSA) is 288 Å². The fraction of sp³-hybridized carbons (Fsp3) is 0.800. The van der Waals surface area contributed by atoms with Crippen molar-refractivity contribution in [3.8, 4) is 0 Å². The highest BCUT2D eigenvalue weighted by atomic mass is 80.9. The summed E-state index contributed by atoms with van der Waals surface area (Å²) >= 11 is 16.2.